The lowest BCUT2D eigenvalue weighted by atomic mass is 9.99. The summed E-state index contributed by atoms with van der Waals surface area (Å²) in [4.78, 5) is 73.3. The molecule has 0 amide bonds. The van der Waals surface area contributed by atoms with Crippen LogP contribution in [-0.2, 0) is 65.4 Å². The van der Waals surface area contributed by atoms with Crippen molar-refractivity contribution in [2.45, 2.75) is 484 Å². The van der Waals surface area contributed by atoms with Crippen LogP contribution in [-0.4, -0.2) is 96.7 Å². The standard InChI is InChI=1S/C87H170O17P2/c1-7-11-13-15-17-19-21-23-25-26-27-28-29-30-32-38-42-46-54-60-66-72-86(91)103-82(75-97-84(89)69-63-57-51-44-40-36-34-33-35-39-43-49-55-61-67-79(5)9-3)77-101-105(93,94)99-73-81(88)74-100-106(95,96)102-78-83(76-98-85(90)70-64-58-52-48-47-50-56-62-68-80(6)10-4)104-87(92)71-65-59-53-45-41-37-31-24-22-20-18-16-14-12-8-2/h79-83,88H,7-78H2,1-6H3,(H,93,94)(H,95,96)/t79?,80?,81-,82-,83-/m1/s1. The summed E-state index contributed by atoms with van der Waals surface area (Å²) in [5.41, 5.74) is 0. The number of esters is 4. The smallest absolute Gasteiger partial charge is 0.462 e. The Balaban J connectivity index is 5.25. The fourth-order valence-corrected chi connectivity index (χ4v) is 15.1. The third kappa shape index (κ3) is 77.4. The van der Waals surface area contributed by atoms with E-state index in [2.05, 4.69) is 41.5 Å². The van der Waals surface area contributed by atoms with E-state index in [-0.39, 0.29) is 25.7 Å². The Morgan fingerprint density at radius 3 is 0.670 bits per heavy atom. The van der Waals surface area contributed by atoms with Crippen molar-refractivity contribution in [2.75, 3.05) is 39.6 Å². The van der Waals surface area contributed by atoms with E-state index in [4.69, 9.17) is 37.0 Å². The third-order valence-electron chi connectivity index (χ3n) is 21.2. The van der Waals surface area contributed by atoms with Crippen LogP contribution in [0.15, 0.2) is 0 Å². The van der Waals surface area contributed by atoms with Crippen LogP contribution in [0.4, 0.5) is 0 Å². The first kappa shape index (κ1) is 104. The average Bonchev–Trinajstić information content (AvgIpc) is 0.914. The van der Waals surface area contributed by atoms with Crippen LogP contribution in [0.1, 0.15) is 465 Å². The Hall–Kier alpha value is -1.94. The Kier molecular flexibility index (Phi) is 76.9. The molecule has 19 heteroatoms. The van der Waals surface area contributed by atoms with Crippen molar-refractivity contribution < 1.29 is 80.2 Å². The molecule has 106 heavy (non-hydrogen) atoms. The van der Waals surface area contributed by atoms with Crippen molar-refractivity contribution >= 4 is 39.5 Å². The van der Waals surface area contributed by atoms with E-state index in [1.54, 1.807) is 0 Å². The molecule has 0 aromatic carbocycles. The van der Waals surface area contributed by atoms with Gasteiger partial charge in [0.2, 0.25) is 0 Å². The number of carbonyl (C=O) groups excluding carboxylic acids is 4. The molecule has 0 saturated carbocycles. The van der Waals surface area contributed by atoms with Crippen LogP contribution >= 0.6 is 15.6 Å². The first-order chi connectivity index (χ1) is 51.4. The van der Waals surface area contributed by atoms with Gasteiger partial charge < -0.3 is 33.8 Å². The van der Waals surface area contributed by atoms with Gasteiger partial charge in [0.1, 0.15) is 19.3 Å². The van der Waals surface area contributed by atoms with Gasteiger partial charge in [0.05, 0.1) is 26.4 Å². The highest BCUT2D eigenvalue weighted by Crippen LogP contribution is 2.45. The molecule has 17 nitrogen and oxygen atoms in total. The number of hydrogen-bond donors (Lipinski definition) is 3. The van der Waals surface area contributed by atoms with Crippen molar-refractivity contribution in [2.24, 2.45) is 11.8 Å². The molecule has 0 radical (unpaired) electrons. The van der Waals surface area contributed by atoms with Gasteiger partial charge in [0.25, 0.3) is 0 Å². The van der Waals surface area contributed by atoms with Crippen LogP contribution in [0.2, 0.25) is 0 Å². The summed E-state index contributed by atoms with van der Waals surface area (Å²) in [5, 5.41) is 10.7. The Bertz CT molecular complexity index is 2030. The van der Waals surface area contributed by atoms with Gasteiger partial charge in [-0.25, -0.2) is 9.13 Å². The number of carbonyl (C=O) groups is 4. The van der Waals surface area contributed by atoms with Crippen LogP contribution in [0, 0.1) is 11.8 Å². The number of hydrogen-bond acceptors (Lipinski definition) is 15. The number of unbranched alkanes of at least 4 members (excludes halogenated alkanes) is 54. The Labute approximate surface area is 651 Å². The fraction of sp³-hybridized carbons (Fsp3) is 0.954. The van der Waals surface area contributed by atoms with Gasteiger partial charge in [0, 0.05) is 25.7 Å². The van der Waals surface area contributed by atoms with E-state index >= 15 is 0 Å². The minimum absolute atomic E-state index is 0.108. The van der Waals surface area contributed by atoms with Crippen molar-refractivity contribution in [3.8, 4) is 0 Å². The topological polar surface area (TPSA) is 237 Å². The molecule has 0 aliphatic rings. The predicted molar refractivity (Wildman–Crippen MR) is 437 cm³/mol. The summed E-state index contributed by atoms with van der Waals surface area (Å²) in [6.45, 7) is 9.74. The van der Waals surface area contributed by atoms with Crippen molar-refractivity contribution in [3.63, 3.8) is 0 Å². The van der Waals surface area contributed by atoms with Gasteiger partial charge in [-0.2, -0.15) is 0 Å². The number of phosphoric ester groups is 2. The zero-order valence-electron chi connectivity index (χ0n) is 69.7. The van der Waals surface area contributed by atoms with E-state index in [9.17, 15) is 43.2 Å². The highest BCUT2D eigenvalue weighted by molar-refractivity contribution is 7.47. The molecule has 0 bridgehead atoms. The molecule has 0 aromatic heterocycles. The number of phosphoric acid groups is 2. The molecule has 0 aliphatic carbocycles. The molecule has 4 unspecified atom stereocenters. The molecular weight excluding hydrogens is 1380 g/mol. The van der Waals surface area contributed by atoms with Gasteiger partial charge in [-0.05, 0) is 37.5 Å². The number of aliphatic hydroxyl groups is 1. The van der Waals surface area contributed by atoms with Crippen molar-refractivity contribution in [1.29, 1.82) is 0 Å². The molecule has 0 rings (SSSR count). The van der Waals surface area contributed by atoms with E-state index < -0.39 is 97.5 Å². The lowest BCUT2D eigenvalue weighted by Crippen LogP contribution is -2.30. The zero-order valence-corrected chi connectivity index (χ0v) is 71.5. The maximum absolute atomic E-state index is 13.2. The predicted octanol–water partition coefficient (Wildman–Crippen LogP) is 26.6. The van der Waals surface area contributed by atoms with Gasteiger partial charge in [0.15, 0.2) is 12.2 Å². The average molecular weight is 1550 g/mol. The lowest BCUT2D eigenvalue weighted by molar-refractivity contribution is -0.161. The summed E-state index contributed by atoms with van der Waals surface area (Å²) < 4.78 is 69.0. The van der Waals surface area contributed by atoms with E-state index in [0.29, 0.717) is 25.7 Å². The highest BCUT2D eigenvalue weighted by atomic mass is 31.2. The van der Waals surface area contributed by atoms with E-state index in [1.807, 2.05) is 0 Å². The number of ether oxygens (including phenoxy) is 4. The van der Waals surface area contributed by atoms with Gasteiger partial charge in [-0.3, -0.25) is 37.3 Å². The molecule has 7 atom stereocenters. The fourth-order valence-electron chi connectivity index (χ4n) is 13.5. The summed E-state index contributed by atoms with van der Waals surface area (Å²) in [6.07, 6.45) is 70.7. The summed E-state index contributed by atoms with van der Waals surface area (Å²) in [7, 11) is -9.93. The monoisotopic (exact) mass is 1550 g/mol. The van der Waals surface area contributed by atoms with E-state index in [1.165, 1.54) is 283 Å². The van der Waals surface area contributed by atoms with Gasteiger partial charge in [-0.15, -0.1) is 0 Å². The minimum Gasteiger partial charge on any atom is -0.462 e. The van der Waals surface area contributed by atoms with Crippen LogP contribution < -0.4 is 0 Å². The van der Waals surface area contributed by atoms with Gasteiger partial charge in [-0.1, -0.05) is 414 Å². The first-order valence-electron chi connectivity index (χ1n) is 45.1. The highest BCUT2D eigenvalue weighted by Gasteiger charge is 2.30. The second kappa shape index (κ2) is 78.3. The molecule has 3 N–H and O–H groups in total. The first-order valence-corrected chi connectivity index (χ1v) is 48.1. The molecule has 0 fully saturated rings. The zero-order chi connectivity index (χ0) is 77.8. The molecule has 0 saturated heterocycles. The SMILES string of the molecule is CCCCCCCCCCCCCCCCCCCCCCCC(=O)O[C@H](COC(=O)CCCCCCCCCCCCCCCCC(C)CC)COP(=O)(O)OC[C@@H](O)COP(=O)(O)OC[C@@H](COC(=O)CCCCCCCCCCC(C)CC)OC(=O)CCCCCCCCCCCCCCCCC. The van der Waals surface area contributed by atoms with Crippen molar-refractivity contribution in [1.82, 2.24) is 0 Å². The van der Waals surface area contributed by atoms with Crippen LogP contribution in [0.25, 0.3) is 0 Å². The largest absolute Gasteiger partial charge is 0.472 e. The maximum Gasteiger partial charge on any atom is 0.472 e. The second-order valence-electron chi connectivity index (χ2n) is 31.8. The quantitative estimate of drug-likeness (QED) is 0.0222. The molecule has 0 heterocycles. The van der Waals surface area contributed by atoms with Gasteiger partial charge >= 0.3 is 39.5 Å². The molecular formula is C87H170O17P2. The summed E-state index contributed by atoms with van der Waals surface area (Å²) in [6, 6.07) is 0. The Morgan fingerprint density at radius 1 is 0.264 bits per heavy atom. The lowest BCUT2D eigenvalue weighted by Gasteiger charge is -2.21. The number of aliphatic hydroxyl groups excluding tert-OH is 1. The number of rotatable bonds is 86. The summed E-state index contributed by atoms with van der Waals surface area (Å²) in [5.74, 6) is -0.473. The molecule has 0 aromatic rings. The Morgan fingerprint density at radius 2 is 0.453 bits per heavy atom. The van der Waals surface area contributed by atoms with Crippen LogP contribution in [0.3, 0.4) is 0 Å². The molecule has 630 valence electrons. The second-order valence-corrected chi connectivity index (χ2v) is 34.7. The minimum atomic E-state index is -4.97. The van der Waals surface area contributed by atoms with E-state index in [0.717, 1.165) is 102 Å². The summed E-state index contributed by atoms with van der Waals surface area (Å²) >= 11 is 0. The molecule has 0 aliphatic heterocycles. The molecule has 0 spiro atoms. The normalized spacial score (nSPS) is 14.3. The van der Waals surface area contributed by atoms with Crippen LogP contribution in [0.5, 0.6) is 0 Å². The maximum atomic E-state index is 13.2. The van der Waals surface area contributed by atoms with Crippen molar-refractivity contribution in [3.05, 3.63) is 0 Å². The third-order valence-corrected chi connectivity index (χ3v) is 23.1.